The van der Waals surface area contributed by atoms with Crippen LogP contribution in [0.5, 0.6) is 0 Å². The highest BCUT2D eigenvalue weighted by molar-refractivity contribution is 5.88. The number of carbonyl (C=O) groups is 1. The van der Waals surface area contributed by atoms with Crippen molar-refractivity contribution in [3.63, 3.8) is 0 Å². The monoisotopic (exact) mass is 282 g/mol. The van der Waals surface area contributed by atoms with Crippen LogP contribution in [0.4, 0.5) is 13.6 Å². The zero-order chi connectivity index (χ0) is 14.5. The predicted octanol–water partition coefficient (Wildman–Crippen LogP) is 1.75. The molecule has 0 radical (unpaired) electrons. The van der Waals surface area contributed by atoms with Crippen LogP contribution in [0.1, 0.15) is 13.8 Å². The van der Waals surface area contributed by atoms with E-state index in [1.807, 2.05) is 13.8 Å². The van der Waals surface area contributed by atoms with Crippen LogP contribution in [0.2, 0.25) is 0 Å². The molecule has 0 saturated carbocycles. The van der Waals surface area contributed by atoms with Gasteiger partial charge < -0.3 is 4.74 Å². The summed E-state index contributed by atoms with van der Waals surface area (Å²) in [7, 11) is 0. The van der Waals surface area contributed by atoms with Crippen molar-refractivity contribution in [3.05, 3.63) is 23.8 Å². The number of ether oxygens (including phenoxy) is 1. The number of halogens is 2. The van der Waals surface area contributed by atoms with Gasteiger partial charge >= 0.3 is 6.03 Å². The molecular weight excluding hydrogens is 270 g/mol. The van der Waals surface area contributed by atoms with Gasteiger partial charge in [-0.3, -0.25) is 4.90 Å². The van der Waals surface area contributed by atoms with Crippen molar-refractivity contribution in [1.82, 2.24) is 19.9 Å². The standard InChI is InChI=1S/C12H12F2N4O2/c1-12(2)5-20-6-17(12)11(19)18-9-4-7(13)3-8(14)10(9)15-16-18/h3-4H,5-6H2,1-2H3. The second-order valence-electron chi connectivity index (χ2n) is 5.26. The fourth-order valence-corrected chi connectivity index (χ4v) is 2.16. The Labute approximate surface area is 112 Å². The van der Waals surface area contributed by atoms with Crippen molar-refractivity contribution < 1.29 is 18.3 Å². The average molecular weight is 282 g/mol. The van der Waals surface area contributed by atoms with Gasteiger partial charge in [-0.1, -0.05) is 5.21 Å². The maximum absolute atomic E-state index is 13.5. The number of hydrogen-bond acceptors (Lipinski definition) is 4. The SMILES string of the molecule is CC1(C)COCN1C(=O)n1nnc2c(F)cc(F)cc21. The molecule has 0 N–H and O–H groups in total. The van der Waals surface area contributed by atoms with Crippen LogP contribution in [0, 0.1) is 11.6 Å². The first kappa shape index (κ1) is 12.9. The maximum atomic E-state index is 13.5. The zero-order valence-corrected chi connectivity index (χ0v) is 10.9. The summed E-state index contributed by atoms with van der Waals surface area (Å²) in [6.07, 6.45) is 0. The van der Waals surface area contributed by atoms with Gasteiger partial charge in [0.05, 0.1) is 12.1 Å². The molecule has 20 heavy (non-hydrogen) atoms. The van der Waals surface area contributed by atoms with Crippen LogP contribution in [0.15, 0.2) is 12.1 Å². The van der Waals surface area contributed by atoms with E-state index in [0.717, 1.165) is 10.7 Å². The molecule has 1 fully saturated rings. The highest BCUT2D eigenvalue weighted by Crippen LogP contribution is 2.24. The van der Waals surface area contributed by atoms with Crippen molar-refractivity contribution in [2.45, 2.75) is 19.4 Å². The summed E-state index contributed by atoms with van der Waals surface area (Å²) in [4.78, 5) is 13.9. The number of nitrogens with zero attached hydrogens (tertiary/aromatic N) is 4. The summed E-state index contributed by atoms with van der Waals surface area (Å²) in [5.41, 5.74) is -0.658. The number of carbonyl (C=O) groups excluding carboxylic acids is 1. The van der Waals surface area contributed by atoms with Crippen molar-refractivity contribution in [2.75, 3.05) is 13.3 Å². The molecule has 2 aromatic rings. The van der Waals surface area contributed by atoms with Crippen molar-refractivity contribution in [2.24, 2.45) is 0 Å². The Morgan fingerprint density at radius 1 is 1.40 bits per heavy atom. The van der Waals surface area contributed by atoms with Crippen LogP contribution >= 0.6 is 0 Å². The number of amides is 1. The van der Waals surface area contributed by atoms with Gasteiger partial charge in [0.1, 0.15) is 23.6 Å². The molecule has 0 bridgehead atoms. The van der Waals surface area contributed by atoms with Gasteiger partial charge in [0.25, 0.3) is 0 Å². The van der Waals surface area contributed by atoms with Gasteiger partial charge in [0.15, 0.2) is 5.82 Å². The quantitative estimate of drug-likeness (QED) is 0.738. The number of aromatic nitrogens is 3. The lowest BCUT2D eigenvalue weighted by Gasteiger charge is -2.28. The minimum absolute atomic E-state index is 0.00444. The van der Waals surface area contributed by atoms with Gasteiger partial charge in [-0.25, -0.2) is 13.6 Å². The third-order valence-corrected chi connectivity index (χ3v) is 3.29. The van der Waals surface area contributed by atoms with E-state index in [0.29, 0.717) is 12.7 Å². The molecule has 1 aliphatic rings. The van der Waals surface area contributed by atoms with Crippen LogP contribution in [-0.2, 0) is 4.74 Å². The van der Waals surface area contributed by atoms with Crippen LogP contribution in [0.3, 0.4) is 0 Å². The van der Waals surface area contributed by atoms with E-state index < -0.39 is 23.2 Å². The summed E-state index contributed by atoms with van der Waals surface area (Å²) in [6, 6.07) is 1.20. The molecule has 1 aromatic carbocycles. The minimum atomic E-state index is -0.851. The first-order valence-corrected chi connectivity index (χ1v) is 6.00. The molecule has 0 spiro atoms. The average Bonchev–Trinajstić information content (AvgIpc) is 2.91. The van der Waals surface area contributed by atoms with Crippen LogP contribution < -0.4 is 0 Å². The van der Waals surface area contributed by atoms with Crippen LogP contribution in [-0.4, -0.2) is 44.8 Å². The molecule has 1 amide bonds. The topological polar surface area (TPSA) is 60.2 Å². The Kier molecular flexibility index (Phi) is 2.72. The molecule has 106 valence electrons. The Morgan fingerprint density at radius 3 is 2.80 bits per heavy atom. The molecule has 6 nitrogen and oxygen atoms in total. The molecule has 1 aliphatic heterocycles. The minimum Gasteiger partial charge on any atom is -0.359 e. The van der Waals surface area contributed by atoms with E-state index in [9.17, 15) is 13.6 Å². The van der Waals surface area contributed by atoms with Gasteiger partial charge in [-0.05, 0) is 13.8 Å². The van der Waals surface area contributed by atoms with Gasteiger partial charge in [0.2, 0.25) is 0 Å². The summed E-state index contributed by atoms with van der Waals surface area (Å²) in [5, 5.41) is 7.20. The number of hydrogen-bond donors (Lipinski definition) is 0. The van der Waals surface area contributed by atoms with Gasteiger partial charge in [-0.2, -0.15) is 4.68 Å². The fourth-order valence-electron chi connectivity index (χ4n) is 2.16. The van der Waals surface area contributed by atoms with Gasteiger partial charge in [0, 0.05) is 12.1 Å². The van der Waals surface area contributed by atoms with Crippen molar-refractivity contribution >= 4 is 17.1 Å². The molecule has 0 atom stereocenters. The molecule has 2 heterocycles. The summed E-state index contributed by atoms with van der Waals surface area (Å²) < 4.78 is 33.0. The summed E-state index contributed by atoms with van der Waals surface area (Å²) in [5.74, 6) is -1.64. The number of benzene rings is 1. The predicted molar refractivity (Wildman–Crippen MR) is 65.0 cm³/mol. The highest BCUT2D eigenvalue weighted by Gasteiger charge is 2.38. The maximum Gasteiger partial charge on any atom is 0.349 e. The lowest BCUT2D eigenvalue weighted by molar-refractivity contribution is 0.138. The third-order valence-electron chi connectivity index (χ3n) is 3.29. The van der Waals surface area contributed by atoms with Crippen LogP contribution in [0.25, 0.3) is 11.0 Å². The lowest BCUT2D eigenvalue weighted by Crippen LogP contribution is -2.46. The Bertz CT molecular complexity index is 698. The molecule has 0 aliphatic carbocycles. The third kappa shape index (κ3) is 1.83. The Hall–Kier alpha value is -2.09. The lowest BCUT2D eigenvalue weighted by atomic mass is 10.1. The van der Waals surface area contributed by atoms with E-state index in [1.54, 1.807) is 0 Å². The zero-order valence-electron chi connectivity index (χ0n) is 10.9. The van der Waals surface area contributed by atoms with E-state index in [-0.39, 0.29) is 17.8 Å². The largest absolute Gasteiger partial charge is 0.359 e. The Morgan fingerprint density at radius 2 is 2.15 bits per heavy atom. The first-order valence-electron chi connectivity index (χ1n) is 6.00. The molecule has 1 saturated heterocycles. The second kappa shape index (κ2) is 4.20. The van der Waals surface area contributed by atoms with Gasteiger partial charge in [-0.15, -0.1) is 5.10 Å². The van der Waals surface area contributed by atoms with E-state index >= 15 is 0 Å². The Balaban J connectivity index is 2.09. The number of fused-ring (bicyclic) bond motifs is 1. The smallest absolute Gasteiger partial charge is 0.349 e. The first-order chi connectivity index (χ1) is 9.40. The second-order valence-corrected chi connectivity index (χ2v) is 5.26. The van der Waals surface area contributed by atoms with E-state index in [2.05, 4.69) is 10.3 Å². The van der Waals surface area contributed by atoms with E-state index in [1.165, 1.54) is 4.90 Å². The molecule has 0 unspecified atom stereocenters. The van der Waals surface area contributed by atoms with Crippen molar-refractivity contribution in [3.8, 4) is 0 Å². The molecule has 1 aromatic heterocycles. The van der Waals surface area contributed by atoms with Crippen molar-refractivity contribution in [1.29, 1.82) is 0 Å². The normalized spacial score (nSPS) is 17.9. The summed E-state index contributed by atoms with van der Waals surface area (Å²) in [6.45, 7) is 4.15. The number of rotatable bonds is 0. The molecule has 3 rings (SSSR count). The highest BCUT2D eigenvalue weighted by atomic mass is 19.1. The van der Waals surface area contributed by atoms with E-state index in [4.69, 9.17) is 4.74 Å². The molecule has 8 heteroatoms. The fraction of sp³-hybridized carbons (Fsp3) is 0.417. The molecular formula is C12H12F2N4O2. The summed E-state index contributed by atoms with van der Waals surface area (Å²) >= 11 is 0.